The molecule has 0 aliphatic rings. The molecule has 1 atom stereocenters. The fraction of sp³-hybridized carbons (Fsp3) is 0.400. The van der Waals surface area contributed by atoms with E-state index in [4.69, 9.17) is 5.73 Å². The second kappa shape index (κ2) is 6.11. The molecule has 0 bridgehead atoms. The molecule has 102 valence electrons. The van der Waals surface area contributed by atoms with Gasteiger partial charge in [0.05, 0.1) is 8.95 Å². The number of phenols is 1. The quantitative estimate of drug-likeness (QED) is 0.672. The minimum absolute atomic E-state index is 0.0874. The molecule has 1 rings (SSSR count). The Kier molecular flexibility index (Phi) is 5.52. The van der Waals surface area contributed by atoms with Crippen LogP contribution in [0.15, 0.2) is 19.5 Å². The normalized spacial score (nSPS) is 13.7. The molecule has 0 heterocycles. The Morgan fingerprint density at radius 2 is 1.78 bits per heavy atom. The molecule has 0 aliphatic carbocycles. The van der Waals surface area contributed by atoms with Gasteiger partial charge in [0.1, 0.15) is 5.75 Å². The summed E-state index contributed by atoms with van der Waals surface area (Å²) >= 11 is 9.47. The summed E-state index contributed by atoms with van der Waals surface area (Å²) in [5.41, 5.74) is 6.15. The zero-order valence-corrected chi connectivity index (χ0v) is 13.6. The van der Waals surface area contributed by atoms with E-state index in [-0.39, 0.29) is 12.2 Å². The van der Waals surface area contributed by atoms with Crippen LogP contribution in [0.4, 0.5) is 13.2 Å². The number of halogens is 6. The lowest BCUT2D eigenvalue weighted by Gasteiger charge is -2.18. The molecule has 0 aromatic heterocycles. The van der Waals surface area contributed by atoms with E-state index in [0.717, 1.165) is 0 Å². The smallest absolute Gasteiger partial charge is 0.389 e. The molecular formula is C10H9Br3F3NO. The number of benzene rings is 1. The number of phenolic OH excluding ortho intramolecular Hbond substituents is 1. The molecule has 1 aromatic carbocycles. The highest BCUT2D eigenvalue weighted by Crippen LogP contribution is 2.42. The van der Waals surface area contributed by atoms with Crippen molar-refractivity contribution in [3.05, 3.63) is 25.0 Å². The number of hydrogen-bond acceptors (Lipinski definition) is 2. The van der Waals surface area contributed by atoms with Crippen molar-refractivity contribution in [3.8, 4) is 5.75 Å². The maximum absolute atomic E-state index is 12.1. The molecule has 0 unspecified atom stereocenters. The first-order chi connectivity index (χ1) is 8.13. The van der Waals surface area contributed by atoms with Crippen molar-refractivity contribution in [2.24, 2.45) is 5.73 Å². The average molecular weight is 456 g/mol. The summed E-state index contributed by atoms with van der Waals surface area (Å²) in [6.07, 6.45) is -5.46. The predicted octanol–water partition coefficient (Wildman–Crippen LogP) is 5.02. The van der Waals surface area contributed by atoms with Crippen LogP contribution in [-0.2, 0) is 0 Å². The van der Waals surface area contributed by atoms with Crippen LogP contribution in [0.5, 0.6) is 5.75 Å². The lowest BCUT2D eigenvalue weighted by molar-refractivity contribution is -0.136. The first kappa shape index (κ1) is 16.3. The van der Waals surface area contributed by atoms with Gasteiger partial charge in [-0.15, -0.1) is 0 Å². The second-order valence-corrected chi connectivity index (χ2v) is 6.18. The van der Waals surface area contributed by atoms with Crippen LogP contribution in [-0.4, -0.2) is 11.3 Å². The van der Waals surface area contributed by atoms with E-state index in [0.29, 0.717) is 19.0 Å². The maximum Gasteiger partial charge on any atom is 0.389 e. The first-order valence-corrected chi connectivity index (χ1v) is 7.20. The summed E-state index contributed by atoms with van der Waals surface area (Å²) in [5.74, 6) is -0.0874. The van der Waals surface area contributed by atoms with Crippen molar-refractivity contribution in [2.75, 3.05) is 0 Å². The zero-order valence-electron chi connectivity index (χ0n) is 8.86. The standard InChI is InChI=1S/C10H9Br3F3NO/c11-4-3-5(12)9(18)8(13)7(4)6(17)1-2-10(14,15)16/h3,6,18H,1-2,17H2/t6-/m0/s1. The van der Waals surface area contributed by atoms with Crippen molar-refractivity contribution in [3.63, 3.8) is 0 Å². The van der Waals surface area contributed by atoms with Gasteiger partial charge in [-0.05, 0) is 44.3 Å². The van der Waals surface area contributed by atoms with Crippen LogP contribution in [0.25, 0.3) is 0 Å². The zero-order chi connectivity index (χ0) is 14.1. The number of aromatic hydroxyl groups is 1. The van der Waals surface area contributed by atoms with Crippen LogP contribution >= 0.6 is 47.8 Å². The summed E-state index contributed by atoms with van der Waals surface area (Å²) in [6, 6.07) is 0.720. The molecule has 0 saturated carbocycles. The molecule has 2 nitrogen and oxygen atoms in total. The molecule has 0 radical (unpaired) electrons. The van der Waals surface area contributed by atoms with E-state index in [2.05, 4.69) is 47.8 Å². The lowest BCUT2D eigenvalue weighted by Crippen LogP contribution is -2.16. The number of nitrogens with two attached hydrogens (primary N) is 1. The highest BCUT2D eigenvalue weighted by molar-refractivity contribution is 9.11. The topological polar surface area (TPSA) is 46.2 Å². The highest BCUT2D eigenvalue weighted by Gasteiger charge is 2.29. The van der Waals surface area contributed by atoms with E-state index in [9.17, 15) is 18.3 Å². The van der Waals surface area contributed by atoms with Crippen molar-refractivity contribution in [1.29, 1.82) is 0 Å². The summed E-state index contributed by atoms with van der Waals surface area (Å²) in [6.45, 7) is 0. The molecule has 18 heavy (non-hydrogen) atoms. The third kappa shape index (κ3) is 4.11. The minimum Gasteiger partial charge on any atom is -0.506 e. The minimum atomic E-state index is -4.24. The Labute approximate surface area is 127 Å². The summed E-state index contributed by atoms with van der Waals surface area (Å²) in [4.78, 5) is 0. The Bertz CT molecular complexity index is 451. The van der Waals surface area contributed by atoms with Crippen LogP contribution in [0.2, 0.25) is 0 Å². The van der Waals surface area contributed by atoms with Gasteiger partial charge < -0.3 is 10.8 Å². The average Bonchev–Trinajstić information content (AvgIpc) is 2.22. The molecule has 8 heteroatoms. The number of alkyl halides is 3. The van der Waals surface area contributed by atoms with Crippen molar-refractivity contribution in [2.45, 2.75) is 25.1 Å². The van der Waals surface area contributed by atoms with E-state index in [1.165, 1.54) is 0 Å². The molecule has 0 aliphatic heterocycles. The third-order valence-corrected chi connectivity index (χ3v) is 4.35. The fourth-order valence-electron chi connectivity index (χ4n) is 1.40. The van der Waals surface area contributed by atoms with E-state index < -0.39 is 18.6 Å². The van der Waals surface area contributed by atoms with Crippen molar-refractivity contribution in [1.82, 2.24) is 0 Å². The molecular weight excluding hydrogens is 447 g/mol. The molecule has 1 aromatic rings. The van der Waals surface area contributed by atoms with E-state index in [1.807, 2.05) is 0 Å². The van der Waals surface area contributed by atoms with Crippen LogP contribution in [0.1, 0.15) is 24.4 Å². The van der Waals surface area contributed by atoms with Gasteiger partial charge in [-0.25, -0.2) is 0 Å². The van der Waals surface area contributed by atoms with Gasteiger partial charge in [0.2, 0.25) is 0 Å². The third-order valence-electron chi connectivity index (χ3n) is 2.29. The first-order valence-electron chi connectivity index (χ1n) is 4.82. The van der Waals surface area contributed by atoms with Gasteiger partial charge in [0.15, 0.2) is 0 Å². The summed E-state index contributed by atoms with van der Waals surface area (Å²) < 4.78 is 37.7. The summed E-state index contributed by atoms with van der Waals surface area (Å²) in [5, 5.41) is 9.70. The number of hydrogen-bond donors (Lipinski definition) is 2. The Morgan fingerprint density at radius 1 is 1.22 bits per heavy atom. The second-order valence-electron chi connectivity index (χ2n) is 3.68. The Balaban J connectivity index is 2.99. The molecule has 0 fully saturated rings. The fourth-order valence-corrected chi connectivity index (χ4v) is 4.11. The van der Waals surface area contributed by atoms with Gasteiger partial charge in [-0.3, -0.25) is 0 Å². The van der Waals surface area contributed by atoms with Gasteiger partial charge in [0.25, 0.3) is 0 Å². The van der Waals surface area contributed by atoms with Crippen molar-refractivity contribution < 1.29 is 18.3 Å². The lowest BCUT2D eigenvalue weighted by atomic mass is 10.0. The molecule has 0 saturated heterocycles. The Hall–Kier alpha value is 0.210. The van der Waals surface area contributed by atoms with Gasteiger partial charge in [0, 0.05) is 22.5 Å². The number of rotatable bonds is 3. The molecule has 0 spiro atoms. The molecule has 0 amide bonds. The SMILES string of the molecule is N[C@@H](CCC(F)(F)F)c1c(Br)cc(Br)c(O)c1Br. The van der Waals surface area contributed by atoms with Gasteiger partial charge in [-0.2, -0.15) is 13.2 Å². The summed E-state index contributed by atoms with van der Waals surface area (Å²) in [7, 11) is 0. The van der Waals surface area contributed by atoms with Crippen LogP contribution in [0, 0.1) is 0 Å². The Morgan fingerprint density at radius 3 is 2.28 bits per heavy atom. The van der Waals surface area contributed by atoms with Crippen LogP contribution < -0.4 is 5.73 Å². The largest absolute Gasteiger partial charge is 0.506 e. The van der Waals surface area contributed by atoms with Gasteiger partial charge in [-0.1, -0.05) is 15.9 Å². The monoisotopic (exact) mass is 453 g/mol. The van der Waals surface area contributed by atoms with Gasteiger partial charge >= 0.3 is 6.18 Å². The van der Waals surface area contributed by atoms with E-state index >= 15 is 0 Å². The van der Waals surface area contributed by atoms with Crippen molar-refractivity contribution >= 4 is 47.8 Å². The van der Waals surface area contributed by atoms with E-state index in [1.54, 1.807) is 6.07 Å². The predicted molar refractivity (Wildman–Crippen MR) is 73.4 cm³/mol. The van der Waals surface area contributed by atoms with Crippen LogP contribution in [0.3, 0.4) is 0 Å². The molecule has 3 N–H and O–H groups in total. The highest BCUT2D eigenvalue weighted by atomic mass is 79.9. The maximum atomic E-state index is 12.1.